The average Bonchev–Trinajstić information content (AvgIpc) is 3.04. The van der Waals surface area contributed by atoms with Gasteiger partial charge in [-0.1, -0.05) is 31.0 Å². The first kappa shape index (κ1) is 18.6. The Kier molecular flexibility index (Phi) is 6.42. The van der Waals surface area contributed by atoms with Gasteiger partial charge in [0, 0.05) is 11.6 Å². The molecule has 26 heavy (non-hydrogen) atoms. The van der Waals surface area contributed by atoms with Gasteiger partial charge < -0.3 is 10.1 Å². The van der Waals surface area contributed by atoms with E-state index in [9.17, 15) is 9.59 Å². The highest BCUT2D eigenvalue weighted by atomic mass is 16.5. The fourth-order valence-electron chi connectivity index (χ4n) is 4.13. The van der Waals surface area contributed by atoms with Crippen molar-refractivity contribution in [2.75, 3.05) is 13.7 Å². The van der Waals surface area contributed by atoms with E-state index in [1.807, 2.05) is 6.07 Å². The van der Waals surface area contributed by atoms with Crippen LogP contribution in [-0.2, 0) is 16.0 Å². The number of aliphatic imine (C=N–C) groups is 1. The van der Waals surface area contributed by atoms with E-state index in [-0.39, 0.29) is 18.2 Å². The van der Waals surface area contributed by atoms with Crippen LogP contribution in [0.2, 0.25) is 0 Å². The lowest BCUT2D eigenvalue weighted by atomic mass is 9.85. The third-order valence-corrected chi connectivity index (χ3v) is 5.58. The van der Waals surface area contributed by atoms with Crippen molar-refractivity contribution < 1.29 is 14.3 Å². The van der Waals surface area contributed by atoms with Gasteiger partial charge in [0.25, 0.3) is 0 Å². The minimum Gasteiger partial charge on any atom is -0.453 e. The summed E-state index contributed by atoms with van der Waals surface area (Å²) < 4.78 is 4.55. The molecule has 1 fully saturated rings. The van der Waals surface area contributed by atoms with E-state index in [2.05, 4.69) is 28.3 Å². The molecule has 5 nitrogen and oxygen atoms in total. The second-order valence-corrected chi connectivity index (χ2v) is 7.31. The van der Waals surface area contributed by atoms with Crippen molar-refractivity contribution in [3.63, 3.8) is 0 Å². The highest BCUT2D eigenvalue weighted by Gasteiger charge is 2.29. The van der Waals surface area contributed by atoms with Crippen LogP contribution in [0.15, 0.2) is 29.3 Å². The maximum Gasteiger partial charge on any atom is 0.407 e. The number of amides is 1. The molecule has 2 unspecified atom stereocenters. The van der Waals surface area contributed by atoms with E-state index in [0.717, 1.165) is 57.1 Å². The Morgan fingerprint density at radius 1 is 1.15 bits per heavy atom. The van der Waals surface area contributed by atoms with Crippen LogP contribution in [0.1, 0.15) is 50.5 Å². The minimum absolute atomic E-state index is 0.000790. The number of benzene rings is 1. The molecule has 1 aliphatic heterocycles. The van der Waals surface area contributed by atoms with Gasteiger partial charge in [-0.15, -0.1) is 0 Å². The first-order valence-corrected chi connectivity index (χ1v) is 9.67. The van der Waals surface area contributed by atoms with Crippen LogP contribution in [0.5, 0.6) is 0 Å². The number of para-hydroxylation sites is 1. The Morgan fingerprint density at radius 2 is 1.96 bits per heavy atom. The lowest BCUT2D eigenvalue weighted by molar-refractivity contribution is -0.122. The van der Waals surface area contributed by atoms with Crippen LogP contribution in [0.25, 0.3) is 0 Å². The van der Waals surface area contributed by atoms with Crippen molar-refractivity contribution >= 4 is 23.3 Å². The molecule has 2 aliphatic rings. The molecule has 5 heteroatoms. The number of carbonyl (C=O) groups excluding carboxylic acids is 2. The number of Topliss-reactive ketones (excluding diaryl/α,β-unsaturated/α-hetero) is 1. The van der Waals surface area contributed by atoms with Gasteiger partial charge in [-0.2, -0.15) is 0 Å². The standard InChI is InChI=1S/C21H28N2O3/c1-26-21(25)22-14-20(24)17-9-3-2-8-16(13-17)19-12-6-10-15-7-4-5-11-18(15)23-19/h4-5,7,11,16-17H,2-3,6,8-10,12-14H2,1H3,(H,22,25). The monoisotopic (exact) mass is 356 g/mol. The third-order valence-electron chi connectivity index (χ3n) is 5.58. The summed E-state index contributed by atoms with van der Waals surface area (Å²) in [6.45, 7) is 0.0549. The molecule has 1 N–H and O–H groups in total. The maximum absolute atomic E-state index is 12.6. The van der Waals surface area contributed by atoms with E-state index >= 15 is 0 Å². The molecule has 1 amide bonds. The van der Waals surface area contributed by atoms with E-state index in [1.165, 1.54) is 18.4 Å². The molecule has 0 bridgehead atoms. The molecule has 140 valence electrons. The predicted octanol–water partition coefficient (Wildman–Crippen LogP) is 4.22. The summed E-state index contributed by atoms with van der Waals surface area (Å²) >= 11 is 0. The summed E-state index contributed by atoms with van der Waals surface area (Å²) in [4.78, 5) is 28.8. The van der Waals surface area contributed by atoms with Crippen LogP contribution in [0.4, 0.5) is 10.5 Å². The second kappa shape index (κ2) is 8.97. The Hall–Kier alpha value is -2.17. The van der Waals surface area contributed by atoms with Crippen molar-refractivity contribution in [3.8, 4) is 0 Å². The zero-order valence-electron chi connectivity index (χ0n) is 15.5. The Labute approximate surface area is 155 Å². The number of fused-ring (bicyclic) bond motifs is 1. The fraction of sp³-hybridized carbons (Fsp3) is 0.571. The van der Waals surface area contributed by atoms with Gasteiger partial charge in [-0.05, 0) is 56.1 Å². The first-order chi connectivity index (χ1) is 12.7. The average molecular weight is 356 g/mol. The van der Waals surface area contributed by atoms with Gasteiger partial charge in [0.2, 0.25) is 0 Å². The van der Waals surface area contributed by atoms with Gasteiger partial charge in [-0.25, -0.2) is 4.79 Å². The number of rotatable bonds is 4. The summed E-state index contributed by atoms with van der Waals surface area (Å²) in [5.74, 6) is 0.480. The molecule has 1 saturated carbocycles. The van der Waals surface area contributed by atoms with Crippen LogP contribution in [0.3, 0.4) is 0 Å². The van der Waals surface area contributed by atoms with Crippen molar-refractivity contribution in [2.45, 2.75) is 51.4 Å². The molecular formula is C21H28N2O3. The van der Waals surface area contributed by atoms with Gasteiger partial charge in [-0.3, -0.25) is 9.79 Å². The molecular weight excluding hydrogens is 328 g/mol. The van der Waals surface area contributed by atoms with Gasteiger partial charge >= 0.3 is 6.09 Å². The number of hydrogen-bond donors (Lipinski definition) is 1. The Morgan fingerprint density at radius 3 is 2.81 bits per heavy atom. The number of methoxy groups -OCH3 is 1. The fourth-order valence-corrected chi connectivity index (χ4v) is 4.13. The number of carbonyl (C=O) groups is 2. The summed E-state index contributed by atoms with van der Waals surface area (Å²) in [7, 11) is 1.31. The molecule has 3 rings (SSSR count). The smallest absolute Gasteiger partial charge is 0.407 e. The molecule has 0 aromatic heterocycles. The Balaban J connectivity index is 1.70. The molecule has 0 spiro atoms. The molecule has 1 aromatic carbocycles. The number of aryl methyl sites for hydroxylation is 1. The lowest BCUT2D eigenvalue weighted by Gasteiger charge is -2.21. The number of hydrogen-bond acceptors (Lipinski definition) is 4. The van der Waals surface area contributed by atoms with Crippen LogP contribution in [0, 0.1) is 11.8 Å². The second-order valence-electron chi connectivity index (χ2n) is 7.31. The van der Waals surface area contributed by atoms with Crippen molar-refractivity contribution in [1.82, 2.24) is 5.32 Å². The van der Waals surface area contributed by atoms with Crippen molar-refractivity contribution in [3.05, 3.63) is 29.8 Å². The van der Waals surface area contributed by atoms with Crippen LogP contribution < -0.4 is 5.32 Å². The number of nitrogens with one attached hydrogen (secondary N) is 1. The normalized spacial score (nSPS) is 23.0. The number of ether oxygens (including phenoxy) is 1. The lowest BCUT2D eigenvalue weighted by Crippen LogP contribution is -2.33. The van der Waals surface area contributed by atoms with Crippen LogP contribution >= 0.6 is 0 Å². The number of alkyl carbamates (subject to hydrolysis) is 1. The predicted molar refractivity (Wildman–Crippen MR) is 102 cm³/mol. The zero-order valence-corrected chi connectivity index (χ0v) is 15.5. The van der Waals surface area contributed by atoms with E-state index in [0.29, 0.717) is 5.92 Å². The van der Waals surface area contributed by atoms with Crippen LogP contribution in [-0.4, -0.2) is 31.2 Å². The highest BCUT2D eigenvalue weighted by molar-refractivity contribution is 5.91. The largest absolute Gasteiger partial charge is 0.453 e. The summed E-state index contributed by atoms with van der Waals surface area (Å²) in [5, 5.41) is 2.53. The minimum atomic E-state index is -0.548. The summed E-state index contributed by atoms with van der Waals surface area (Å²) in [6.07, 6.45) is 7.72. The Bertz CT molecular complexity index is 684. The molecule has 2 atom stereocenters. The highest BCUT2D eigenvalue weighted by Crippen LogP contribution is 2.34. The summed E-state index contributed by atoms with van der Waals surface area (Å²) in [6, 6.07) is 8.39. The van der Waals surface area contributed by atoms with E-state index < -0.39 is 6.09 Å². The molecule has 0 saturated heterocycles. The topological polar surface area (TPSA) is 67.8 Å². The molecule has 0 radical (unpaired) electrons. The number of nitrogens with zero attached hydrogens (tertiary/aromatic N) is 1. The van der Waals surface area contributed by atoms with Gasteiger partial charge in [0.05, 0.1) is 19.3 Å². The van der Waals surface area contributed by atoms with Crippen molar-refractivity contribution in [2.24, 2.45) is 16.8 Å². The molecule has 1 heterocycles. The summed E-state index contributed by atoms with van der Waals surface area (Å²) in [5.41, 5.74) is 3.68. The molecule has 1 aromatic rings. The SMILES string of the molecule is COC(=O)NCC(=O)C1CCCCC(C2=Nc3ccccc3CCC2)C1. The quantitative estimate of drug-likeness (QED) is 0.822. The van der Waals surface area contributed by atoms with Gasteiger partial charge in [0.15, 0.2) is 5.78 Å². The third kappa shape index (κ3) is 4.71. The number of ketones is 1. The van der Waals surface area contributed by atoms with Crippen molar-refractivity contribution in [1.29, 1.82) is 0 Å². The zero-order chi connectivity index (χ0) is 18.4. The molecule has 1 aliphatic carbocycles. The van der Waals surface area contributed by atoms with Gasteiger partial charge in [0.1, 0.15) is 0 Å². The van der Waals surface area contributed by atoms with E-state index in [4.69, 9.17) is 4.99 Å². The van der Waals surface area contributed by atoms with E-state index in [1.54, 1.807) is 0 Å². The first-order valence-electron chi connectivity index (χ1n) is 9.67. The maximum atomic E-state index is 12.6.